The predicted molar refractivity (Wildman–Crippen MR) is 151 cm³/mol. The first kappa shape index (κ1) is 24.6. The van der Waals surface area contributed by atoms with Gasteiger partial charge in [0, 0.05) is 61.4 Å². The fourth-order valence-electron chi connectivity index (χ4n) is 5.24. The largest absolute Gasteiger partial charge is 0.379 e. The second-order valence-electron chi connectivity index (χ2n) is 10.0. The molecule has 2 fully saturated rings. The Bertz CT molecular complexity index is 1410. The van der Waals surface area contributed by atoms with Gasteiger partial charge in [-0.25, -0.2) is 9.97 Å². The number of aromatic nitrogens is 4. The molecule has 0 saturated carbocycles. The zero-order chi connectivity index (χ0) is 26.1. The summed E-state index contributed by atoms with van der Waals surface area (Å²) < 4.78 is 0. The molecule has 196 valence electrons. The fourth-order valence-corrected chi connectivity index (χ4v) is 5.44. The molecule has 1 aromatic carbocycles. The van der Waals surface area contributed by atoms with E-state index in [2.05, 4.69) is 61.4 Å². The number of carbonyl (C=O) groups is 1. The summed E-state index contributed by atoms with van der Waals surface area (Å²) >= 11 is 6.56. The second kappa shape index (κ2) is 10.6. The molecule has 3 aromatic heterocycles. The molecule has 0 aliphatic carbocycles. The molecule has 0 spiro atoms. The van der Waals surface area contributed by atoms with Gasteiger partial charge in [-0.2, -0.15) is 0 Å². The van der Waals surface area contributed by atoms with Gasteiger partial charge < -0.3 is 25.0 Å². The Morgan fingerprint density at radius 3 is 2.42 bits per heavy atom. The average Bonchev–Trinajstić information content (AvgIpc) is 3.41. The number of imidazole rings is 1. The van der Waals surface area contributed by atoms with E-state index >= 15 is 0 Å². The molecule has 10 heteroatoms. The highest BCUT2D eigenvalue weighted by molar-refractivity contribution is 6.34. The maximum Gasteiger partial charge on any atom is 0.254 e. The van der Waals surface area contributed by atoms with E-state index in [4.69, 9.17) is 16.6 Å². The van der Waals surface area contributed by atoms with Crippen molar-refractivity contribution in [3.8, 4) is 11.4 Å². The summed E-state index contributed by atoms with van der Waals surface area (Å²) in [5.41, 5.74) is 5.17. The summed E-state index contributed by atoms with van der Waals surface area (Å²) in [6.07, 6.45) is 7.14. The van der Waals surface area contributed by atoms with Crippen LogP contribution in [0.2, 0.25) is 5.02 Å². The highest BCUT2D eigenvalue weighted by Crippen LogP contribution is 2.32. The summed E-state index contributed by atoms with van der Waals surface area (Å²) in [6.45, 7) is 5.09. The Morgan fingerprint density at radius 1 is 1.00 bits per heavy atom. The molecule has 1 amide bonds. The molecule has 6 rings (SSSR count). The summed E-state index contributed by atoms with van der Waals surface area (Å²) in [6, 6.07) is 12.3. The van der Waals surface area contributed by atoms with E-state index in [0.717, 1.165) is 67.3 Å². The van der Waals surface area contributed by atoms with Gasteiger partial charge in [0.15, 0.2) is 5.65 Å². The number of pyridine rings is 2. The molecular formula is C28H31ClN8O. The van der Waals surface area contributed by atoms with Gasteiger partial charge in [0.25, 0.3) is 5.91 Å². The van der Waals surface area contributed by atoms with E-state index in [-0.39, 0.29) is 5.91 Å². The van der Waals surface area contributed by atoms with Crippen LogP contribution < -0.4 is 10.2 Å². The van der Waals surface area contributed by atoms with E-state index < -0.39 is 0 Å². The van der Waals surface area contributed by atoms with Crippen LogP contribution in [-0.4, -0.2) is 88.0 Å². The van der Waals surface area contributed by atoms with Gasteiger partial charge in [0.05, 0.1) is 16.9 Å². The lowest BCUT2D eigenvalue weighted by molar-refractivity contribution is 0.0746. The van der Waals surface area contributed by atoms with Crippen molar-refractivity contribution in [2.45, 2.75) is 18.9 Å². The monoisotopic (exact) mass is 530 g/mol. The zero-order valence-electron chi connectivity index (χ0n) is 21.4. The maximum atomic E-state index is 12.7. The SMILES string of the molecule is CN1CCC(Nc2c(Cl)cnc3nc(-c4ccc(N5CCN(C(=O)c6ccncc6)CC5)cc4)[nH]c23)CC1. The number of nitrogens with one attached hydrogen (secondary N) is 2. The van der Waals surface area contributed by atoms with Crippen molar-refractivity contribution >= 4 is 40.0 Å². The predicted octanol–water partition coefficient (Wildman–Crippen LogP) is 4.14. The Hall–Kier alpha value is -3.69. The van der Waals surface area contributed by atoms with Gasteiger partial charge in [0.1, 0.15) is 11.3 Å². The third-order valence-corrected chi connectivity index (χ3v) is 7.83. The van der Waals surface area contributed by atoms with Crippen molar-refractivity contribution in [2.75, 3.05) is 56.5 Å². The van der Waals surface area contributed by atoms with E-state index in [1.54, 1.807) is 30.7 Å². The van der Waals surface area contributed by atoms with Crippen molar-refractivity contribution < 1.29 is 4.79 Å². The number of likely N-dealkylation sites (tertiary alicyclic amines) is 1. The number of nitrogens with zero attached hydrogens (tertiary/aromatic N) is 6. The molecule has 0 atom stereocenters. The normalized spacial score (nSPS) is 17.2. The van der Waals surface area contributed by atoms with Gasteiger partial charge in [-0.3, -0.25) is 9.78 Å². The molecule has 0 unspecified atom stereocenters. The molecule has 2 saturated heterocycles. The van der Waals surface area contributed by atoms with Crippen molar-refractivity contribution in [3.05, 3.63) is 65.6 Å². The minimum absolute atomic E-state index is 0.0608. The molecule has 2 N–H and O–H groups in total. The van der Waals surface area contributed by atoms with Gasteiger partial charge in [0.2, 0.25) is 0 Å². The molecule has 38 heavy (non-hydrogen) atoms. The third-order valence-electron chi connectivity index (χ3n) is 7.54. The highest BCUT2D eigenvalue weighted by Gasteiger charge is 2.23. The second-order valence-corrected chi connectivity index (χ2v) is 10.5. The highest BCUT2D eigenvalue weighted by atomic mass is 35.5. The molecule has 2 aliphatic heterocycles. The Balaban J connectivity index is 1.14. The fraction of sp³-hybridized carbons (Fsp3) is 0.357. The summed E-state index contributed by atoms with van der Waals surface area (Å²) in [7, 11) is 2.16. The van der Waals surface area contributed by atoms with E-state index in [9.17, 15) is 4.79 Å². The number of piperidine rings is 1. The van der Waals surface area contributed by atoms with Crippen LogP contribution in [0, 0.1) is 0 Å². The topological polar surface area (TPSA) is 93.3 Å². The lowest BCUT2D eigenvalue weighted by Gasteiger charge is -2.36. The minimum Gasteiger partial charge on any atom is -0.379 e. The molecule has 0 radical (unpaired) electrons. The van der Waals surface area contributed by atoms with Gasteiger partial charge in [-0.15, -0.1) is 0 Å². The molecule has 9 nitrogen and oxygen atoms in total. The molecule has 0 bridgehead atoms. The Labute approximate surface area is 226 Å². The Kier molecular flexibility index (Phi) is 6.86. The van der Waals surface area contributed by atoms with Crippen LogP contribution in [0.1, 0.15) is 23.2 Å². The number of hydrogen-bond donors (Lipinski definition) is 2. The number of amides is 1. The minimum atomic E-state index is 0.0608. The van der Waals surface area contributed by atoms with Crippen LogP contribution >= 0.6 is 11.6 Å². The molecule has 4 aromatic rings. The number of fused-ring (bicyclic) bond motifs is 1. The number of anilines is 2. The van der Waals surface area contributed by atoms with Crippen LogP contribution in [0.3, 0.4) is 0 Å². The van der Waals surface area contributed by atoms with Crippen LogP contribution in [0.25, 0.3) is 22.6 Å². The number of H-pyrrole nitrogens is 1. The summed E-state index contributed by atoms with van der Waals surface area (Å²) in [4.78, 5) is 36.0. The van der Waals surface area contributed by atoms with Crippen LogP contribution in [0.4, 0.5) is 11.4 Å². The number of benzene rings is 1. The molecular weight excluding hydrogens is 500 g/mol. The zero-order valence-corrected chi connectivity index (χ0v) is 22.2. The number of piperazine rings is 1. The van der Waals surface area contributed by atoms with Crippen LogP contribution in [-0.2, 0) is 0 Å². The van der Waals surface area contributed by atoms with Crippen LogP contribution in [0.5, 0.6) is 0 Å². The van der Waals surface area contributed by atoms with Crippen molar-refractivity contribution in [2.24, 2.45) is 0 Å². The Morgan fingerprint density at radius 2 is 1.71 bits per heavy atom. The number of halogens is 1. The average molecular weight is 531 g/mol. The lowest BCUT2D eigenvalue weighted by Crippen LogP contribution is -2.48. The first-order valence-corrected chi connectivity index (χ1v) is 13.5. The number of aromatic amines is 1. The van der Waals surface area contributed by atoms with Gasteiger partial charge >= 0.3 is 0 Å². The van der Waals surface area contributed by atoms with Crippen molar-refractivity contribution in [1.29, 1.82) is 0 Å². The number of hydrogen-bond acceptors (Lipinski definition) is 7. The lowest BCUT2D eigenvalue weighted by atomic mass is 10.1. The first-order chi connectivity index (χ1) is 18.5. The van der Waals surface area contributed by atoms with Crippen LogP contribution in [0.15, 0.2) is 55.0 Å². The van der Waals surface area contributed by atoms with E-state index in [1.165, 1.54) is 0 Å². The van der Waals surface area contributed by atoms with E-state index in [1.807, 2.05) is 4.90 Å². The number of carbonyl (C=O) groups excluding carboxylic acids is 1. The smallest absolute Gasteiger partial charge is 0.254 e. The standard InChI is InChI=1S/C28H31ClN8O/c1-35-12-8-21(9-13-35)32-24-23(29)18-31-27-25(24)33-26(34-27)19-2-4-22(5-3-19)36-14-16-37(17-15-36)28(38)20-6-10-30-11-7-20/h2-7,10-11,18,21H,8-9,12-17H2,1H3,(H2,31,32,33,34). The quantitative estimate of drug-likeness (QED) is 0.400. The van der Waals surface area contributed by atoms with E-state index in [0.29, 0.717) is 35.4 Å². The van der Waals surface area contributed by atoms with Gasteiger partial charge in [-0.1, -0.05) is 11.6 Å². The maximum absolute atomic E-state index is 12.7. The first-order valence-electron chi connectivity index (χ1n) is 13.1. The molecule has 5 heterocycles. The summed E-state index contributed by atoms with van der Waals surface area (Å²) in [5.74, 6) is 0.825. The molecule has 2 aliphatic rings. The van der Waals surface area contributed by atoms with Crippen molar-refractivity contribution in [1.82, 2.24) is 29.7 Å². The van der Waals surface area contributed by atoms with Gasteiger partial charge in [-0.05, 0) is 69.4 Å². The summed E-state index contributed by atoms with van der Waals surface area (Å²) in [5, 5.41) is 4.24. The third kappa shape index (κ3) is 5.04. The number of rotatable bonds is 5. The van der Waals surface area contributed by atoms with Crippen molar-refractivity contribution in [3.63, 3.8) is 0 Å².